The van der Waals surface area contributed by atoms with Crippen molar-refractivity contribution in [3.05, 3.63) is 119 Å². The number of nitrogens with zero attached hydrogens (tertiary/aromatic N) is 1. The maximum Gasteiger partial charge on any atom is 0.315 e. The molecule has 2 heterocycles. The molecule has 3 aromatic carbocycles. The Hall–Kier alpha value is -3.69. The minimum atomic E-state index is -0.540. The van der Waals surface area contributed by atoms with Gasteiger partial charge in [-0.25, -0.2) is 9.78 Å². The number of aromatic nitrogens is 1. The number of pyridine rings is 1. The van der Waals surface area contributed by atoms with Crippen LogP contribution in [0.15, 0.2) is 102 Å². The highest BCUT2D eigenvalue weighted by Crippen LogP contribution is 2.43. The predicted octanol–water partition coefficient (Wildman–Crippen LogP) is 6.64. The van der Waals surface area contributed by atoms with E-state index in [0.717, 1.165) is 44.2 Å². The normalized spacial score (nSPS) is 20.2. The van der Waals surface area contributed by atoms with Crippen LogP contribution >= 0.6 is 11.8 Å². The molecule has 2 amide bonds. The zero-order valence-electron chi connectivity index (χ0n) is 23.9. The fraction of sp³-hybridized carbons (Fsp3) is 0.294. The molecule has 0 spiro atoms. The van der Waals surface area contributed by atoms with Crippen LogP contribution in [0.5, 0.6) is 0 Å². The summed E-state index contributed by atoms with van der Waals surface area (Å²) in [5.74, 6) is 0.842. The van der Waals surface area contributed by atoms with E-state index in [1.54, 1.807) is 18.0 Å². The number of hydrogen-bond donors (Lipinski definition) is 3. The average Bonchev–Trinajstić information content (AvgIpc) is 3.04. The van der Waals surface area contributed by atoms with E-state index in [2.05, 4.69) is 52.9 Å². The summed E-state index contributed by atoms with van der Waals surface area (Å²) in [6.45, 7) is 5.08. The fourth-order valence-corrected chi connectivity index (χ4v) is 6.11. The summed E-state index contributed by atoms with van der Waals surface area (Å²) in [5.41, 5.74) is 6.02. The number of carbonyl (C=O) groups excluding carboxylic acids is 1. The van der Waals surface area contributed by atoms with Crippen molar-refractivity contribution >= 4 is 17.8 Å². The Morgan fingerprint density at radius 3 is 2.36 bits per heavy atom. The van der Waals surface area contributed by atoms with Gasteiger partial charge in [0.25, 0.3) is 0 Å². The smallest absolute Gasteiger partial charge is 0.315 e. The topological polar surface area (TPSA) is 92.7 Å². The van der Waals surface area contributed by atoms with Gasteiger partial charge < -0.3 is 25.2 Å². The highest BCUT2D eigenvalue weighted by molar-refractivity contribution is 7.99. The van der Waals surface area contributed by atoms with Gasteiger partial charge in [-0.2, -0.15) is 0 Å². The van der Waals surface area contributed by atoms with Crippen LogP contribution in [0, 0.1) is 5.92 Å². The molecule has 1 aromatic heterocycles. The van der Waals surface area contributed by atoms with E-state index < -0.39 is 6.29 Å². The molecule has 1 fully saturated rings. The number of thioether (sulfide) groups is 1. The van der Waals surface area contributed by atoms with Gasteiger partial charge >= 0.3 is 6.03 Å². The van der Waals surface area contributed by atoms with E-state index in [4.69, 9.17) is 9.47 Å². The molecule has 1 saturated heterocycles. The van der Waals surface area contributed by atoms with Crippen LogP contribution < -0.4 is 10.6 Å². The van der Waals surface area contributed by atoms with Crippen molar-refractivity contribution in [2.45, 2.75) is 50.5 Å². The Morgan fingerprint density at radius 1 is 0.905 bits per heavy atom. The van der Waals surface area contributed by atoms with E-state index in [-0.39, 0.29) is 30.8 Å². The van der Waals surface area contributed by atoms with Crippen LogP contribution in [0.1, 0.15) is 48.5 Å². The SMILES string of the molecule is CCNC(=O)NCc1ccccc1-c1ccc(C2OC(CSc3ccccn3)C(C)C(c3ccc(CO)cc3)O2)cc1. The standard InChI is InChI=1S/C34H37N3O4S/c1-3-35-34(39)37-20-28-8-4-5-9-29(28)25-15-17-27(18-16-25)33-40-30(22-42-31-10-6-7-19-36-31)23(2)32(41-33)26-13-11-24(21-38)12-14-26/h4-19,23,30,32-33,38H,3,20-22H2,1-2H3,(H2,35,37,39). The lowest BCUT2D eigenvalue weighted by atomic mass is 9.91. The zero-order valence-corrected chi connectivity index (χ0v) is 24.7. The van der Waals surface area contributed by atoms with Gasteiger partial charge in [0, 0.05) is 36.5 Å². The third-order valence-electron chi connectivity index (χ3n) is 7.44. The lowest BCUT2D eigenvalue weighted by Gasteiger charge is -2.41. The Morgan fingerprint density at radius 2 is 1.64 bits per heavy atom. The first-order valence-electron chi connectivity index (χ1n) is 14.3. The van der Waals surface area contributed by atoms with Crippen molar-refractivity contribution in [2.75, 3.05) is 12.3 Å². The van der Waals surface area contributed by atoms with Gasteiger partial charge in [-0.1, -0.05) is 85.8 Å². The molecule has 5 rings (SSSR count). The minimum Gasteiger partial charge on any atom is -0.392 e. The van der Waals surface area contributed by atoms with E-state index in [0.29, 0.717) is 13.1 Å². The highest BCUT2D eigenvalue weighted by atomic mass is 32.2. The third kappa shape index (κ3) is 7.38. The van der Waals surface area contributed by atoms with Crippen molar-refractivity contribution < 1.29 is 19.4 Å². The molecule has 4 atom stereocenters. The van der Waals surface area contributed by atoms with E-state index in [9.17, 15) is 9.90 Å². The maximum atomic E-state index is 12.0. The number of amides is 2. The predicted molar refractivity (Wildman–Crippen MR) is 166 cm³/mol. The molecule has 218 valence electrons. The van der Waals surface area contributed by atoms with Crippen molar-refractivity contribution in [1.29, 1.82) is 0 Å². The van der Waals surface area contributed by atoms with Gasteiger partial charge in [0.1, 0.15) is 0 Å². The lowest BCUT2D eigenvalue weighted by molar-refractivity contribution is -0.268. The molecule has 4 unspecified atom stereocenters. The summed E-state index contributed by atoms with van der Waals surface area (Å²) in [6.07, 6.45) is 1.02. The second-order valence-electron chi connectivity index (χ2n) is 10.3. The van der Waals surface area contributed by atoms with Gasteiger partial charge in [-0.15, -0.1) is 11.8 Å². The molecule has 7 nitrogen and oxygen atoms in total. The van der Waals surface area contributed by atoms with Crippen LogP contribution in [-0.4, -0.2) is 34.5 Å². The molecular formula is C34H37N3O4S. The van der Waals surface area contributed by atoms with E-state index >= 15 is 0 Å². The van der Waals surface area contributed by atoms with Crippen LogP contribution in [0.3, 0.4) is 0 Å². The summed E-state index contributed by atoms with van der Waals surface area (Å²) in [6, 6.07) is 30.0. The molecule has 3 N–H and O–H groups in total. The summed E-state index contributed by atoms with van der Waals surface area (Å²) >= 11 is 1.68. The van der Waals surface area contributed by atoms with Crippen molar-refractivity contribution in [2.24, 2.45) is 5.92 Å². The second-order valence-corrected chi connectivity index (χ2v) is 11.3. The largest absolute Gasteiger partial charge is 0.392 e. The number of aliphatic hydroxyl groups is 1. The van der Waals surface area contributed by atoms with Gasteiger partial charge in [0.2, 0.25) is 0 Å². The quantitative estimate of drug-likeness (QED) is 0.181. The number of urea groups is 1. The number of nitrogens with one attached hydrogen (secondary N) is 2. The van der Waals surface area contributed by atoms with Crippen LogP contribution in [0.2, 0.25) is 0 Å². The summed E-state index contributed by atoms with van der Waals surface area (Å²) in [5, 5.41) is 16.2. The first kappa shape index (κ1) is 29.8. The number of aliphatic hydroxyl groups excluding tert-OH is 1. The summed E-state index contributed by atoms with van der Waals surface area (Å²) in [7, 11) is 0. The average molecular weight is 584 g/mol. The molecule has 8 heteroatoms. The van der Waals surface area contributed by atoms with Crippen LogP contribution in [0.25, 0.3) is 11.1 Å². The number of benzene rings is 3. The first-order chi connectivity index (χ1) is 20.6. The Kier molecular flexibility index (Phi) is 10.3. The zero-order chi connectivity index (χ0) is 29.3. The van der Waals surface area contributed by atoms with E-state index in [1.807, 2.05) is 67.6 Å². The van der Waals surface area contributed by atoms with Gasteiger partial charge in [-0.3, -0.25) is 0 Å². The van der Waals surface area contributed by atoms with Crippen molar-refractivity contribution in [3.8, 4) is 11.1 Å². The molecule has 42 heavy (non-hydrogen) atoms. The lowest BCUT2D eigenvalue weighted by Crippen LogP contribution is -2.38. The molecule has 1 aliphatic rings. The van der Waals surface area contributed by atoms with Crippen LogP contribution in [-0.2, 0) is 22.6 Å². The molecule has 1 aliphatic heterocycles. The summed E-state index contributed by atoms with van der Waals surface area (Å²) < 4.78 is 13.2. The third-order valence-corrected chi connectivity index (χ3v) is 8.48. The summed E-state index contributed by atoms with van der Waals surface area (Å²) in [4.78, 5) is 16.4. The Bertz CT molecular complexity index is 1430. The minimum absolute atomic E-state index is 0.00785. The molecular weight excluding hydrogens is 546 g/mol. The molecule has 0 saturated carbocycles. The molecule has 4 aromatic rings. The van der Waals surface area contributed by atoms with Crippen LogP contribution in [0.4, 0.5) is 4.79 Å². The molecule has 0 aliphatic carbocycles. The van der Waals surface area contributed by atoms with Crippen molar-refractivity contribution in [3.63, 3.8) is 0 Å². The van der Waals surface area contributed by atoms with E-state index in [1.165, 1.54) is 0 Å². The number of rotatable bonds is 10. The van der Waals surface area contributed by atoms with Crippen molar-refractivity contribution in [1.82, 2.24) is 15.6 Å². The Labute approximate surface area is 251 Å². The number of carbonyl (C=O) groups is 1. The molecule has 0 radical (unpaired) electrons. The van der Waals surface area contributed by atoms with Gasteiger partial charge in [-0.05, 0) is 46.9 Å². The number of ether oxygens (including phenoxy) is 2. The maximum absolute atomic E-state index is 12.0. The van der Waals surface area contributed by atoms with Gasteiger partial charge in [0.05, 0.1) is 23.8 Å². The highest BCUT2D eigenvalue weighted by Gasteiger charge is 2.38. The number of hydrogen-bond acceptors (Lipinski definition) is 6. The van der Waals surface area contributed by atoms with Gasteiger partial charge in [0.15, 0.2) is 6.29 Å². The first-order valence-corrected chi connectivity index (χ1v) is 15.3. The Balaban J connectivity index is 1.36. The molecule has 0 bridgehead atoms. The fourth-order valence-electron chi connectivity index (χ4n) is 5.08. The monoisotopic (exact) mass is 583 g/mol. The second kappa shape index (κ2) is 14.5.